The van der Waals surface area contributed by atoms with Crippen molar-refractivity contribution in [1.82, 2.24) is 24.3 Å². The van der Waals surface area contributed by atoms with Gasteiger partial charge in [-0.25, -0.2) is 14.6 Å². The molecule has 4 heterocycles. The van der Waals surface area contributed by atoms with Crippen molar-refractivity contribution in [2.24, 2.45) is 14.1 Å². The Kier molecular flexibility index (Phi) is 7.61. The highest BCUT2D eigenvalue weighted by Crippen LogP contribution is 2.47. The number of aromatic nitrogens is 3. The summed E-state index contributed by atoms with van der Waals surface area (Å²) in [6.45, 7) is 1.81. The van der Waals surface area contributed by atoms with E-state index in [1.165, 1.54) is 20.3 Å². The number of hydrogen-bond acceptors (Lipinski definition) is 8. The first-order valence-electron chi connectivity index (χ1n) is 14.9. The lowest BCUT2D eigenvalue weighted by Gasteiger charge is -2.48. The van der Waals surface area contributed by atoms with Crippen LogP contribution in [0.25, 0.3) is 22.4 Å². The number of halogens is 2. The molecule has 2 aromatic heterocycles. The molecule has 2 aliphatic heterocycles. The molecular weight excluding hydrogens is 647 g/mol. The van der Waals surface area contributed by atoms with Crippen molar-refractivity contribution >= 4 is 40.9 Å². The van der Waals surface area contributed by atoms with Gasteiger partial charge in [-0.15, -0.1) is 0 Å². The zero-order valence-electron chi connectivity index (χ0n) is 25.7. The Morgan fingerprint density at radius 3 is 2.47 bits per heavy atom. The van der Waals surface area contributed by atoms with Crippen LogP contribution in [-0.2, 0) is 25.3 Å². The maximum atomic E-state index is 13.1. The van der Waals surface area contributed by atoms with E-state index in [4.69, 9.17) is 37.7 Å². The zero-order valence-corrected chi connectivity index (χ0v) is 27.2. The van der Waals surface area contributed by atoms with Crippen LogP contribution < -0.4 is 26.6 Å². The number of fused-ring (bicyclic) bond motifs is 1. The van der Waals surface area contributed by atoms with E-state index in [-0.39, 0.29) is 28.4 Å². The molecule has 0 saturated carbocycles. The fourth-order valence-corrected chi connectivity index (χ4v) is 7.36. The van der Waals surface area contributed by atoms with Crippen molar-refractivity contribution in [3.63, 3.8) is 0 Å². The molecule has 2 N–H and O–H groups in total. The highest BCUT2D eigenvalue weighted by molar-refractivity contribution is 6.39. The van der Waals surface area contributed by atoms with Gasteiger partial charge in [0.1, 0.15) is 5.56 Å². The van der Waals surface area contributed by atoms with Gasteiger partial charge < -0.3 is 24.7 Å². The second-order valence-corrected chi connectivity index (χ2v) is 12.8. The van der Waals surface area contributed by atoms with E-state index in [9.17, 15) is 19.2 Å². The minimum absolute atomic E-state index is 0.103. The minimum atomic E-state index is -0.720. The van der Waals surface area contributed by atoms with Crippen LogP contribution in [0.5, 0.6) is 5.88 Å². The number of carbonyl (C=O) groups excluding carboxylic acids is 2. The summed E-state index contributed by atoms with van der Waals surface area (Å²) in [4.78, 5) is 56.6. The summed E-state index contributed by atoms with van der Waals surface area (Å²) >= 11 is 13.9. The van der Waals surface area contributed by atoms with E-state index in [0.717, 1.165) is 33.1 Å². The molecule has 1 spiro atoms. The van der Waals surface area contributed by atoms with E-state index >= 15 is 0 Å². The van der Waals surface area contributed by atoms with Gasteiger partial charge in [0.15, 0.2) is 5.60 Å². The van der Waals surface area contributed by atoms with Gasteiger partial charge in [-0.1, -0.05) is 53.5 Å². The number of carbonyl (C=O) groups is 2. The van der Waals surface area contributed by atoms with E-state index < -0.39 is 22.8 Å². The van der Waals surface area contributed by atoms with Crippen molar-refractivity contribution in [3.8, 4) is 28.3 Å². The van der Waals surface area contributed by atoms with Crippen LogP contribution in [0.15, 0.2) is 58.3 Å². The SMILES string of the molecule is COc1nc(-c2cccc(-c3cccc(NC(=O)c4cn(C)c(=O)n(C)c4=O)c3Cl)c2Cl)cc2c1[C@@H](N1CC3(CNC(=O)O3)C1)CC2. The molecule has 1 aliphatic carbocycles. The number of nitrogens with one attached hydrogen (secondary N) is 2. The maximum absolute atomic E-state index is 13.1. The molecule has 0 unspecified atom stereocenters. The monoisotopic (exact) mass is 676 g/mol. The van der Waals surface area contributed by atoms with Crippen LogP contribution in [-0.4, -0.2) is 63.4 Å². The van der Waals surface area contributed by atoms with Crippen LogP contribution in [0.4, 0.5) is 10.5 Å². The van der Waals surface area contributed by atoms with E-state index in [1.807, 2.05) is 24.3 Å². The largest absolute Gasteiger partial charge is 0.481 e. The van der Waals surface area contributed by atoms with Crippen molar-refractivity contribution < 1.29 is 19.1 Å². The van der Waals surface area contributed by atoms with Gasteiger partial charge in [-0.2, -0.15) is 0 Å². The molecule has 47 heavy (non-hydrogen) atoms. The van der Waals surface area contributed by atoms with Crippen LogP contribution in [0.1, 0.15) is 33.9 Å². The molecule has 7 rings (SSSR count). The van der Waals surface area contributed by atoms with Crippen molar-refractivity contribution in [2.75, 3.05) is 32.1 Å². The number of likely N-dealkylation sites (tertiary alicyclic amines) is 1. The first kappa shape index (κ1) is 31.0. The highest BCUT2D eigenvalue weighted by Gasteiger charge is 2.53. The maximum Gasteiger partial charge on any atom is 0.407 e. The van der Waals surface area contributed by atoms with Gasteiger partial charge in [0.2, 0.25) is 5.88 Å². The molecule has 12 nitrogen and oxygen atoms in total. The highest BCUT2D eigenvalue weighted by atomic mass is 35.5. The topological polar surface area (TPSA) is 137 Å². The number of benzene rings is 2. The predicted molar refractivity (Wildman–Crippen MR) is 176 cm³/mol. The number of nitrogens with zero attached hydrogens (tertiary/aromatic N) is 4. The number of amides is 2. The second-order valence-electron chi connectivity index (χ2n) is 12.1. The summed E-state index contributed by atoms with van der Waals surface area (Å²) in [7, 11) is 4.37. The Balaban J connectivity index is 1.18. The van der Waals surface area contributed by atoms with Crippen LogP contribution in [0, 0.1) is 0 Å². The molecule has 2 saturated heterocycles. The molecule has 14 heteroatoms. The summed E-state index contributed by atoms with van der Waals surface area (Å²) in [6.07, 6.45) is 2.55. The molecular formula is C33H30Cl2N6O6. The fraction of sp³-hybridized carbons (Fsp3) is 0.303. The molecule has 0 bridgehead atoms. The van der Waals surface area contributed by atoms with E-state index in [2.05, 4.69) is 15.5 Å². The molecule has 2 fully saturated rings. The summed E-state index contributed by atoms with van der Waals surface area (Å²) in [5.74, 6) is -0.182. The lowest BCUT2D eigenvalue weighted by Crippen LogP contribution is -2.64. The summed E-state index contributed by atoms with van der Waals surface area (Å²) in [6, 6.07) is 12.8. The first-order valence-corrected chi connectivity index (χ1v) is 15.7. The first-order chi connectivity index (χ1) is 22.5. The average molecular weight is 678 g/mol. The number of rotatable bonds is 6. The Hall–Kier alpha value is -4.65. The van der Waals surface area contributed by atoms with Crippen LogP contribution in [0.2, 0.25) is 10.0 Å². The summed E-state index contributed by atoms with van der Waals surface area (Å²) in [5.41, 5.74) is 3.00. The molecule has 242 valence electrons. The third kappa shape index (κ3) is 5.16. The normalized spacial score (nSPS) is 18.0. The number of aryl methyl sites for hydroxylation is 2. The Labute approximate surface area is 278 Å². The van der Waals surface area contributed by atoms with Crippen molar-refractivity contribution in [1.29, 1.82) is 0 Å². The number of ether oxygens (including phenoxy) is 2. The number of methoxy groups -OCH3 is 1. The van der Waals surface area contributed by atoms with Gasteiger partial charge >= 0.3 is 11.8 Å². The number of anilines is 1. The second kappa shape index (κ2) is 11.5. The Morgan fingerprint density at radius 1 is 1.06 bits per heavy atom. The average Bonchev–Trinajstić information content (AvgIpc) is 3.65. The smallest absolute Gasteiger partial charge is 0.407 e. The summed E-state index contributed by atoms with van der Waals surface area (Å²) in [5, 5.41) is 6.09. The van der Waals surface area contributed by atoms with Crippen molar-refractivity contribution in [2.45, 2.75) is 24.5 Å². The molecule has 2 amide bonds. The quantitative estimate of drug-likeness (QED) is 0.311. The lowest BCUT2D eigenvalue weighted by molar-refractivity contribution is -0.0925. The molecule has 2 aromatic carbocycles. The molecule has 0 radical (unpaired) electrons. The third-order valence-electron chi connectivity index (χ3n) is 9.11. The lowest BCUT2D eigenvalue weighted by atomic mass is 9.91. The van der Waals surface area contributed by atoms with Gasteiger partial charge in [0.05, 0.1) is 35.1 Å². The number of pyridine rings is 1. The fourth-order valence-electron chi connectivity index (χ4n) is 6.76. The number of hydrogen-bond donors (Lipinski definition) is 2. The Bertz CT molecular complexity index is 2100. The number of alkyl carbamates (subject to hydrolysis) is 1. The molecule has 1 atom stereocenters. The van der Waals surface area contributed by atoms with Crippen LogP contribution >= 0.6 is 23.2 Å². The summed E-state index contributed by atoms with van der Waals surface area (Å²) < 4.78 is 13.4. The van der Waals surface area contributed by atoms with Crippen LogP contribution in [0.3, 0.4) is 0 Å². The Morgan fingerprint density at radius 2 is 1.77 bits per heavy atom. The van der Waals surface area contributed by atoms with E-state index in [1.54, 1.807) is 25.3 Å². The predicted octanol–water partition coefficient (Wildman–Crippen LogP) is 4.16. The van der Waals surface area contributed by atoms with Gasteiger partial charge in [0.25, 0.3) is 11.5 Å². The minimum Gasteiger partial charge on any atom is -0.481 e. The standard InChI is InChI=1S/C33H30Cl2N6O6/c1-39-13-21(30(43)40(2)32(39)45)28(42)37-22-9-5-7-19(27(22)35)18-6-4-8-20(26(18)34)23-12-17-10-11-24(25(17)29(38-23)46-3)41-15-33(16-41)14-36-31(44)47-33/h4-9,12-13,24H,10-11,14-16H2,1-3H3,(H,36,44)(H,37,42)/t24-/m0/s1. The van der Waals surface area contributed by atoms with Crippen molar-refractivity contribution in [3.05, 3.63) is 96.2 Å². The molecule has 3 aliphatic rings. The third-order valence-corrected chi connectivity index (χ3v) is 9.93. The van der Waals surface area contributed by atoms with Gasteiger partial charge in [0, 0.05) is 61.7 Å². The van der Waals surface area contributed by atoms with Gasteiger partial charge in [-0.05, 0) is 30.5 Å². The zero-order chi connectivity index (χ0) is 33.2. The molecule has 4 aromatic rings. The van der Waals surface area contributed by atoms with Gasteiger partial charge in [-0.3, -0.25) is 19.1 Å². The van der Waals surface area contributed by atoms with E-state index in [0.29, 0.717) is 52.9 Å².